The van der Waals surface area contributed by atoms with Gasteiger partial charge in [-0.15, -0.1) is 13.2 Å². The second kappa shape index (κ2) is 7.64. The minimum atomic E-state index is -4.66. The number of hydrogen-bond acceptors (Lipinski definition) is 3. The molecule has 0 atom stereocenters. The fourth-order valence-electron chi connectivity index (χ4n) is 3.32. The Balaban J connectivity index is 1.50. The van der Waals surface area contributed by atoms with Gasteiger partial charge in [0.15, 0.2) is 0 Å². The normalized spacial score (nSPS) is 20.0. The molecule has 25 heavy (non-hydrogen) atoms. The molecule has 0 spiro atoms. The first-order valence-corrected chi connectivity index (χ1v) is 8.76. The SMILES string of the molecule is O=C(C1CCC1)N1CCCN(Cc2ccc(OC(F)(F)F)cc2)CC1. The van der Waals surface area contributed by atoms with Crippen molar-refractivity contribution in [3.8, 4) is 5.75 Å². The summed E-state index contributed by atoms with van der Waals surface area (Å²) in [6, 6.07) is 5.99. The lowest BCUT2D eigenvalue weighted by molar-refractivity contribution is -0.274. The lowest BCUT2D eigenvalue weighted by Gasteiger charge is -2.31. The minimum absolute atomic E-state index is 0.204. The highest BCUT2D eigenvalue weighted by atomic mass is 19.4. The van der Waals surface area contributed by atoms with Crippen LogP contribution in [0.4, 0.5) is 13.2 Å². The van der Waals surface area contributed by atoms with Gasteiger partial charge in [-0.3, -0.25) is 9.69 Å². The highest BCUT2D eigenvalue weighted by molar-refractivity contribution is 5.79. The standard InChI is InChI=1S/C18H23F3N2O2/c19-18(20,21)25-16-7-5-14(6-8-16)13-22-9-2-10-23(12-11-22)17(24)15-3-1-4-15/h5-8,15H,1-4,9-13H2. The summed E-state index contributed by atoms with van der Waals surface area (Å²) >= 11 is 0. The van der Waals surface area contributed by atoms with E-state index in [1.54, 1.807) is 12.1 Å². The van der Waals surface area contributed by atoms with Gasteiger partial charge in [-0.25, -0.2) is 0 Å². The summed E-state index contributed by atoms with van der Waals surface area (Å²) in [6.07, 6.45) is -0.544. The van der Waals surface area contributed by atoms with E-state index in [9.17, 15) is 18.0 Å². The van der Waals surface area contributed by atoms with E-state index >= 15 is 0 Å². The number of nitrogens with zero attached hydrogens (tertiary/aromatic N) is 2. The second-order valence-electron chi connectivity index (χ2n) is 6.77. The number of hydrogen-bond donors (Lipinski definition) is 0. The predicted molar refractivity (Wildman–Crippen MR) is 86.9 cm³/mol. The predicted octanol–water partition coefficient (Wildman–Crippen LogP) is 3.42. The van der Waals surface area contributed by atoms with Gasteiger partial charge in [0.25, 0.3) is 0 Å². The van der Waals surface area contributed by atoms with Gasteiger partial charge in [-0.1, -0.05) is 18.6 Å². The van der Waals surface area contributed by atoms with Crippen molar-refractivity contribution in [2.75, 3.05) is 26.2 Å². The van der Waals surface area contributed by atoms with Crippen LogP contribution in [0.1, 0.15) is 31.2 Å². The van der Waals surface area contributed by atoms with Crippen molar-refractivity contribution in [3.63, 3.8) is 0 Å². The number of alkyl halides is 3. The highest BCUT2D eigenvalue weighted by Crippen LogP contribution is 2.28. The van der Waals surface area contributed by atoms with Crippen molar-refractivity contribution >= 4 is 5.91 Å². The molecule has 3 rings (SSSR count). The molecule has 0 aromatic heterocycles. The molecule has 138 valence electrons. The fraction of sp³-hybridized carbons (Fsp3) is 0.611. The molecule has 7 heteroatoms. The first kappa shape index (κ1) is 18.0. The van der Waals surface area contributed by atoms with Crippen LogP contribution in [0.3, 0.4) is 0 Å². The molecule has 1 aromatic rings. The summed E-state index contributed by atoms with van der Waals surface area (Å²) in [5, 5.41) is 0. The number of rotatable bonds is 4. The van der Waals surface area contributed by atoms with Gasteiger partial charge in [0.1, 0.15) is 5.75 Å². The molecule has 1 heterocycles. The Bertz CT molecular complexity index is 585. The maximum Gasteiger partial charge on any atom is 0.573 e. The molecule has 0 bridgehead atoms. The third-order valence-corrected chi connectivity index (χ3v) is 4.92. The molecule has 1 saturated heterocycles. The van der Waals surface area contributed by atoms with Crippen molar-refractivity contribution in [1.82, 2.24) is 9.80 Å². The molecule has 0 radical (unpaired) electrons. The van der Waals surface area contributed by atoms with Crippen molar-refractivity contribution in [3.05, 3.63) is 29.8 Å². The number of ether oxygens (including phenoxy) is 1. The van der Waals surface area contributed by atoms with Gasteiger partial charge < -0.3 is 9.64 Å². The van der Waals surface area contributed by atoms with Crippen molar-refractivity contribution in [2.24, 2.45) is 5.92 Å². The van der Waals surface area contributed by atoms with Gasteiger partial charge in [-0.2, -0.15) is 0 Å². The first-order valence-electron chi connectivity index (χ1n) is 8.76. The molecule has 1 aromatic carbocycles. The topological polar surface area (TPSA) is 32.8 Å². The molecule has 0 unspecified atom stereocenters. The summed E-state index contributed by atoms with van der Waals surface area (Å²) < 4.78 is 40.4. The van der Waals surface area contributed by atoms with E-state index in [4.69, 9.17) is 0 Å². The Kier molecular flexibility index (Phi) is 5.51. The van der Waals surface area contributed by atoms with Crippen LogP contribution in [0, 0.1) is 5.92 Å². The van der Waals surface area contributed by atoms with Crippen molar-refractivity contribution in [1.29, 1.82) is 0 Å². The lowest BCUT2D eigenvalue weighted by atomic mass is 9.84. The Morgan fingerprint density at radius 2 is 1.76 bits per heavy atom. The highest BCUT2D eigenvalue weighted by Gasteiger charge is 2.31. The molecule has 1 amide bonds. The summed E-state index contributed by atoms with van der Waals surface area (Å²) in [5.41, 5.74) is 0.938. The first-order chi connectivity index (χ1) is 11.9. The summed E-state index contributed by atoms with van der Waals surface area (Å²) in [7, 11) is 0. The van der Waals surface area contributed by atoms with Crippen molar-refractivity contribution in [2.45, 2.75) is 38.6 Å². The van der Waals surface area contributed by atoms with Crippen LogP contribution in [0.5, 0.6) is 5.75 Å². The Morgan fingerprint density at radius 1 is 1.04 bits per heavy atom. The Morgan fingerprint density at radius 3 is 2.36 bits per heavy atom. The third kappa shape index (κ3) is 5.11. The van der Waals surface area contributed by atoms with Crippen molar-refractivity contribution < 1.29 is 22.7 Å². The number of carbonyl (C=O) groups excluding carboxylic acids is 1. The third-order valence-electron chi connectivity index (χ3n) is 4.92. The van der Waals surface area contributed by atoms with E-state index in [1.165, 1.54) is 12.1 Å². The molecular formula is C18H23F3N2O2. The van der Waals surface area contributed by atoms with E-state index < -0.39 is 6.36 Å². The minimum Gasteiger partial charge on any atom is -0.406 e. The van der Waals surface area contributed by atoms with Crippen LogP contribution >= 0.6 is 0 Å². The van der Waals surface area contributed by atoms with E-state index in [0.29, 0.717) is 12.5 Å². The maximum absolute atomic E-state index is 12.4. The molecule has 1 aliphatic carbocycles. The van der Waals surface area contributed by atoms with E-state index in [-0.39, 0.29) is 11.7 Å². The molecule has 2 aliphatic rings. The van der Waals surface area contributed by atoms with Gasteiger partial charge >= 0.3 is 6.36 Å². The van der Waals surface area contributed by atoms with Crippen LogP contribution in [-0.4, -0.2) is 48.2 Å². The van der Waals surface area contributed by atoms with Gasteiger partial charge in [0.2, 0.25) is 5.91 Å². The molecule has 0 N–H and O–H groups in total. The number of benzene rings is 1. The van der Waals surface area contributed by atoms with Gasteiger partial charge in [0.05, 0.1) is 0 Å². The smallest absolute Gasteiger partial charge is 0.406 e. The summed E-state index contributed by atoms with van der Waals surface area (Å²) in [5.74, 6) is 0.318. The van der Waals surface area contributed by atoms with E-state index in [2.05, 4.69) is 9.64 Å². The Labute approximate surface area is 145 Å². The number of halogens is 3. The molecule has 4 nitrogen and oxygen atoms in total. The zero-order valence-electron chi connectivity index (χ0n) is 14.1. The molecular weight excluding hydrogens is 333 g/mol. The summed E-state index contributed by atoms with van der Waals surface area (Å²) in [6.45, 7) is 3.86. The monoisotopic (exact) mass is 356 g/mol. The van der Waals surface area contributed by atoms with E-state index in [1.807, 2.05) is 4.90 Å². The number of amides is 1. The molecule has 1 aliphatic heterocycles. The fourth-order valence-corrected chi connectivity index (χ4v) is 3.32. The number of carbonyl (C=O) groups is 1. The zero-order chi connectivity index (χ0) is 17.9. The lowest BCUT2D eigenvalue weighted by Crippen LogP contribution is -2.41. The van der Waals surface area contributed by atoms with Crippen LogP contribution in [0.2, 0.25) is 0 Å². The Hall–Kier alpha value is -1.76. The van der Waals surface area contributed by atoms with Gasteiger partial charge in [0, 0.05) is 38.6 Å². The maximum atomic E-state index is 12.4. The van der Waals surface area contributed by atoms with Crippen LogP contribution in [0.25, 0.3) is 0 Å². The second-order valence-corrected chi connectivity index (χ2v) is 6.77. The van der Waals surface area contributed by atoms with Crippen LogP contribution in [-0.2, 0) is 11.3 Å². The molecule has 1 saturated carbocycles. The van der Waals surface area contributed by atoms with Crippen LogP contribution < -0.4 is 4.74 Å². The molecule has 2 fully saturated rings. The average molecular weight is 356 g/mol. The van der Waals surface area contributed by atoms with E-state index in [0.717, 1.165) is 57.4 Å². The van der Waals surface area contributed by atoms with Gasteiger partial charge in [-0.05, 0) is 37.0 Å². The average Bonchev–Trinajstić information content (AvgIpc) is 2.71. The quantitative estimate of drug-likeness (QED) is 0.829. The zero-order valence-corrected chi connectivity index (χ0v) is 14.1. The summed E-state index contributed by atoms with van der Waals surface area (Å²) in [4.78, 5) is 16.6. The largest absolute Gasteiger partial charge is 0.573 e. The van der Waals surface area contributed by atoms with Crippen LogP contribution in [0.15, 0.2) is 24.3 Å².